The van der Waals surface area contributed by atoms with Gasteiger partial charge in [0.2, 0.25) is 0 Å². The highest BCUT2D eigenvalue weighted by Gasteiger charge is 2.20. The van der Waals surface area contributed by atoms with Gasteiger partial charge in [0.05, 0.1) is 6.61 Å². The molecule has 1 rings (SSSR count). The normalized spacial score (nSPS) is 10.9. The van der Waals surface area contributed by atoms with Gasteiger partial charge in [-0.25, -0.2) is 4.79 Å². The SMILES string of the molecule is C#CCC(C)(C)COC(=O)c1ccnn1C. The van der Waals surface area contributed by atoms with Crippen molar-refractivity contribution in [2.24, 2.45) is 12.5 Å². The molecule has 0 aliphatic carbocycles. The zero-order valence-electron chi connectivity index (χ0n) is 9.86. The molecule has 0 N–H and O–H groups in total. The van der Waals surface area contributed by atoms with E-state index in [1.54, 1.807) is 19.3 Å². The number of esters is 1. The van der Waals surface area contributed by atoms with Gasteiger partial charge >= 0.3 is 5.97 Å². The minimum absolute atomic E-state index is 0.191. The number of hydrogen-bond acceptors (Lipinski definition) is 3. The second kappa shape index (κ2) is 4.84. The topological polar surface area (TPSA) is 44.1 Å². The molecule has 0 aliphatic heterocycles. The molecule has 0 atom stereocenters. The van der Waals surface area contributed by atoms with E-state index in [9.17, 15) is 4.79 Å². The van der Waals surface area contributed by atoms with Gasteiger partial charge in [-0.15, -0.1) is 12.3 Å². The number of aromatic nitrogens is 2. The Hall–Kier alpha value is -1.76. The van der Waals surface area contributed by atoms with Crippen molar-refractivity contribution in [2.75, 3.05) is 6.61 Å². The van der Waals surface area contributed by atoms with Crippen LogP contribution in [0.3, 0.4) is 0 Å². The second-order valence-corrected chi connectivity index (χ2v) is 4.46. The molecule has 0 saturated carbocycles. The van der Waals surface area contributed by atoms with Crippen LogP contribution >= 0.6 is 0 Å². The minimum Gasteiger partial charge on any atom is -0.460 e. The summed E-state index contributed by atoms with van der Waals surface area (Å²) in [4.78, 5) is 11.6. The summed E-state index contributed by atoms with van der Waals surface area (Å²) >= 11 is 0. The number of terminal acetylenes is 1. The summed E-state index contributed by atoms with van der Waals surface area (Å²) in [6.07, 6.45) is 7.37. The molecule has 4 heteroatoms. The lowest BCUT2D eigenvalue weighted by Crippen LogP contribution is -2.22. The Balaban J connectivity index is 2.55. The highest BCUT2D eigenvalue weighted by Crippen LogP contribution is 2.20. The Labute approximate surface area is 95.6 Å². The molecular formula is C12H16N2O2. The van der Waals surface area contributed by atoms with E-state index in [-0.39, 0.29) is 11.4 Å². The van der Waals surface area contributed by atoms with Gasteiger partial charge in [0.25, 0.3) is 0 Å². The predicted octanol–water partition coefficient (Wildman–Crippen LogP) is 1.63. The predicted molar refractivity (Wildman–Crippen MR) is 60.7 cm³/mol. The van der Waals surface area contributed by atoms with Crippen molar-refractivity contribution in [1.29, 1.82) is 0 Å². The smallest absolute Gasteiger partial charge is 0.356 e. The molecule has 0 amide bonds. The van der Waals surface area contributed by atoms with Gasteiger partial charge in [-0.2, -0.15) is 5.10 Å². The van der Waals surface area contributed by atoms with Crippen molar-refractivity contribution in [3.8, 4) is 12.3 Å². The molecule has 86 valence electrons. The van der Waals surface area contributed by atoms with Crippen LogP contribution in [0.2, 0.25) is 0 Å². The number of carbonyl (C=O) groups excluding carboxylic acids is 1. The molecule has 0 spiro atoms. The lowest BCUT2D eigenvalue weighted by molar-refractivity contribution is 0.0336. The fraction of sp³-hybridized carbons (Fsp3) is 0.500. The first-order valence-electron chi connectivity index (χ1n) is 5.05. The lowest BCUT2D eigenvalue weighted by atomic mass is 9.91. The van der Waals surface area contributed by atoms with E-state index in [4.69, 9.17) is 11.2 Å². The Morgan fingerprint density at radius 2 is 2.38 bits per heavy atom. The summed E-state index contributed by atoms with van der Waals surface area (Å²) in [6, 6.07) is 1.62. The zero-order valence-corrected chi connectivity index (χ0v) is 9.86. The summed E-state index contributed by atoms with van der Waals surface area (Å²) in [7, 11) is 1.70. The van der Waals surface area contributed by atoms with Crippen molar-refractivity contribution >= 4 is 5.97 Å². The number of carbonyl (C=O) groups is 1. The second-order valence-electron chi connectivity index (χ2n) is 4.46. The molecule has 0 aromatic carbocycles. The highest BCUT2D eigenvalue weighted by molar-refractivity contribution is 5.87. The quantitative estimate of drug-likeness (QED) is 0.572. The molecule has 0 aliphatic rings. The maximum atomic E-state index is 11.6. The summed E-state index contributed by atoms with van der Waals surface area (Å²) in [5, 5.41) is 3.90. The standard InChI is InChI=1S/C12H16N2O2/c1-5-7-12(2,3)9-16-11(15)10-6-8-13-14(10)4/h1,6,8H,7,9H2,2-4H3. The average molecular weight is 220 g/mol. The Morgan fingerprint density at radius 3 is 2.88 bits per heavy atom. The summed E-state index contributed by atoms with van der Waals surface area (Å²) < 4.78 is 6.67. The molecule has 16 heavy (non-hydrogen) atoms. The fourth-order valence-electron chi connectivity index (χ4n) is 1.24. The van der Waals surface area contributed by atoms with Crippen LogP contribution in [-0.2, 0) is 11.8 Å². The number of rotatable bonds is 4. The molecule has 1 aromatic rings. The van der Waals surface area contributed by atoms with Crippen LogP contribution < -0.4 is 0 Å². The van der Waals surface area contributed by atoms with E-state index < -0.39 is 0 Å². The molecule has 0 bridgehead atoms. The Kier molecular flexibility index (Phi) is 3.73. The Bertz CT molecular complexity index is 413. The van der Waals surface area contributed by atoms with Gasteiger partial charge in [-0.3, -0.25) is 4.68 Å². The lowest BCUT2D eigenvalue weighted by Gasteiger charge is -2.21. The molecule has 0 fully saturated rings. The van der Waals surface area contributed by atoms with E-state index >= 15 is 0 Å². The van der Waals surface area contributed by atoms with Gasteiger partial charge in [0.1, 0.15) is 5.69 Å². The number of nitrogens with zero attached hydrogens (tertiary/aromatic N) is 2. The van der Waals surface area contributed by atoms with Gasteiger partial charge < -0.3 is 4.74 Å². The third-order valence-corrected chi connectivity index (χ3v) is 2.20. The molecule has 1 heterocycles. The van der Waals surface area contributed by atoms with E-state index in [1.807, 2.05) is 13.8 Å². The number of ether oxygens (including phenoxy) is 1. The van der Waals surface area contributed by atoms with Crippen molar-refractivity contribution < 1.29 is 9.53 Å². The van der Waals surface area contributed by atoms with Gasteiger partial charge in [-0.05, 0) is 6.07 Å². The maximum absolute atomic E-state index is 11.6. The Morgan fingerprint density at radius 1 is 1.69 bits per heavy atom. The molecule has 1 aromatic heterocycles. The van der Waals surface area contributed by atoms with Crippen LogP contribution in [-0.4, -0.2) is 22.4 Å². The minimum atomic E-state index is -0.370. The molecule has 4 nitrogen and oxygen atoms in total. The third-order valence-electron chi connectivity index (χ3n) is 2.20. The van der Waals surface area contributed by atoms with Crippen LogP contribution in [0.1, 0.15) is 30.8 Å². The fourth-order valence-corrected chi connectivity index (χ4v) is 1.24. The first kappa shape index (κ1) is 12.3. The average Bonchev–Trinajstić information content (AvgIpc) is 2.61. The summed E-state index contributed by atoms with van der Waals surface area (Å²) in [5.74, 6) is 2.20. The van der Waals surface area contributed by atoms with Gasteiger partial charge in [-0.1, -0.05) is 13.8 Å². The van der Waals surface area contributed by atoms with E-state index in [1.165, 1.54) is 4.68 Å². The van der Waals surface area contributed by atoms with E-state index in [0.717, 1.165) is 0 Å². The van der Waals surface area contributed by atoms with E-state index in [0.29, 0.717) is 18.7 Å². The van der Waals surface area contributed by atoms with Crippen molar-refractivity contribution in [3.05, 3.63) is 18.0 Å². The van der Waals surface area contributed by atoms with Crippen molar-refractivity contribution in [2.45, 2.75) is 20.3 Å². The molecule has 0 saturated heterocycles. The van der Waals surface area contributed by atoms with Crippen LogP contribution in [0.25, 0.3) is 0 Å². The monoisotopic (exact) mass is 220 g/mol. The van der Waals surface area contributed by atoms with Gasteiger partial charge in [0, 0.05) is 25.1 Å². The zero-order chi connectivity index (χ0) is 12.2. The van der Waals surface area contributed by atoms with Crippen LogP contribution in [0, 0.1) is 17.8 Å². The van der Waals surface area contributed by atoms with Crippen molar-refractivity contribution in [3.63, 3.8) is 0 Å². The van der Waals surface area contributed by atoms with Crippen molar-refractivity contribution in [1.82, 2.24) is 9.78 Å². The highest BCUT2D eigenvalue weighted by atomic mass is 16.5. The van der Waals surface area contributed by atoms with Crippen LogP contribution in [0.5, 0.6) is 0 Å². The summed E-state index contributed by atoms with van der Waals surface area (Å²) in [6.45, 7) is 4.23. The third kappa shape index (κ3) is 3.13. The number of hydrogen-bond donors (Lipinski definition) is 0. The maximum Gasteiger partial charge on any atom is 0.356 e. The first-order valence-corrected chi connectivity index (χ1v) is 5.05. The largest absolute Gasteiger partial charge is 0.460 e. The number of aryl methyl sites for hydroxylation is 1. The summed E-state index contributed by atoms with van der Waals surface area (Å²) in [5.41, 5.74) is 0.250. The molecule has 0 unspecified atom stereocenters. The molecular weight excluding hydrogens is 204 g/mol. The van der Waals surface area contributed by atoms with Crippen LogP contribution in [0.4, 0.5) is 0 Å². The molecule has 0 radical (unpaired) electrons. The van der Waals surface area contributed by atoms with Gasteiger partial charge in [0.15, 0.2) is 0 Å². The van der Waals surface area contributed by atoms with E-state index in [2.05, 4.69) is 11.0 Å². The van der Waals surface area contributed by atoms with Crippen LogP contribution in [0.15, 0.2) is 12.3 Å². The first-order chi connectivity index (χ1) is 7.46.